The molecule has 19 heavy (non-hydrogen) atoms. The number of aliphatic carboxylic acids is 1. The van der Waals surface area contributed by atoms with Gasteiger partial charge in [-0.05, 0) is 44.9 Å². The summed E-state index contributed by atoms with van der Waals surface area (Å²) in [5.41, 5.74) is 2.12. The van der Waals surface area contributed by atoms with Crippen LogP contribution in [0.4, 0.5) is 5.69 Å². The highest BCUT2D eigenvalue weighted by molar-refractivity contribution is 7.92. The quantitative estimate of drug-likeness (QED) is 0.897. The first kappa shape index (κ1) is 15.5. The number of aryl methyl sites for hydroxylation is 1. The summed E-state index contributed by atoms with van der Waals surface area (Å²) in [5, 5.41) is 9.13. The Bertz CT molecular complexity index is 580. The van der Waals surface area contributed by atoms with Crippen molar-refractivity contribution < 1.29 is 18.3 Å². The number of carboxylic acid groups (broad SMARTS) is 1. The summed E-state index contributed by atoms with van der Waals surface area (Å²) in [6, 6.07) is 4.09. The number of sulfonamides is 1. The predicted molar refractivity (Wildman–Crippen MR) is 75.0 cm³/mol. The van der Waals surface area contributed by atoms with Crippen molar-refractivity contribution in [3.63, 3.8) is 0 Å². The van der Waals surface area contributed by atoms with Crippen LogP contribution in [0, 0.1) is 13.8 Å². The van der Waals surface area contributed by atoms with Gasteiger partial charge in [0.1, 0.15) is 6.04 Å². The standard InChI is InChI=1S/C13H19NO4S/c1-5-19(17,18)14(11(4)13(15)16)12-8-6-7-9(2)10(12)3/h6-8,11H,5H2,1-4H3,(H,15,16). The molecule has 6 heteroatoms. The van der Waals surface area contributed by atoms with Gasteiger partial charge in [0, 0.05) is 0 Å². The highest BCUT2D eigenvalue weighted by Gasteiger charge is 2.31. The zero-order valence-corrected chi connectivity index (χ0v) is 12.4. The van der Waals surface area contributed by atoms with Crippen LogP contribution in [0.1, 0.15) is 25.0 Å². The van der Waals surface area contributed by atoms with Crippen LogP contribution in [0.2, 0.25) is 0 Å². The van der Waals surface area contributed by atoms with Crippen molar-refractivity contribution >= 4 is 21.7 Å². The van der Waals surface area contributed by atoms with E-state index in [-0.39, 0.29) is 5.75 Å². The lowest BCUT2D eigenvalue weighted by atomic mass is 10.1. The highest BCUT2D eigenvalue weighted by Crippen LogP contribution is 2.27. The number of carbonyl (C=O) groups is 1. The highest BCUT2D eigenvalue weighted by atomic mass is 32.2. The zero-order valence-electron chi connectivity index (χ0n) is 11.5. The van der Waals surface area contributed by atoms with Gasteiger partial charge in [0.25, 0.3) is 0 Å². The Morgan fingerprint density at radius 1 is 1.37 bits per heavy atom. The van der Waals surface area contributed by atoms with Crippen LogP contribution in [-0.2, 0) is 14.8 Å². The monoisotopic (exact) mass is 285 g/mol. The molecule has 0 heterocycles. The van der Waals surface area contributed by atoms with Gasteiger partial charge in [-0.2, -0.15) is 0 Å². The Balaban J connectivity index is 3.49. The maximum atomic E-state index is 12.2. The summed E-state index contributed by atoms with van der Waals surface area (Å²) in [5.74, 6) is -1.31. The number of benzene rings is 1. The normalized spacial score (nSPS) is 13.1. The van der Waals surface area contributed by atoms with Crippen LogP contribution in [0.3, 0.4) is 0 Å². The first-order valence-corrected chi connectivity index (χ1v) is 7.64. The van der Waals surface area contributed by atoms with Crippen LogP contribution in [0.5, 0.6) is 0 Å². The Kier molecular flexibility index (Phi) is 4.57. The second-order valence-corrected chi connectivity index (χ2v) is 6.56. The summed E-state index contributed by atoms with van der Waals surface area (Å²) >= 11 is 0. The number of hydrogen-bond donors (Lipinski definition) is 1. The molecular formula is C13H19NO4S. The molecule has 0 radical (unpaired) electrons. The molecule has 0 aromatic heterocycles. The van der Waals surface area contributed by atoms with Gasteiger partial charge in [-0.15, -0.1) is 0 Å². The topological polar surface area (TPSA) is 74.7 Å². The maximum absolute atomic E-state index is 12.2. The fourth-order valence-corrected chi connectivity index (χ4v) is 3.16. The second kappa shape index (κ2) is 5.61. The predicted octanol–water partition coefficient (Wildman–Crippen LogP) is 1.93. The molecule has 0 saturated carbocycles. The third kappa shape index (κ3) is 3.07. The van der Waals surface area contributed by atoms with E-state index in [9.17, 15) is 13.2 Å². The van der Waals surface area contributed by atoms with Gasteiger partial charge in [0.2, 0.25) is 10.0 Å². The number of hydrogen-bond acceptors (Lipinski definition) is 3. The van der Waals surface area contributed by atoms with Gasteiger partial charge in [0.15, 0.2) is 0 Å². The molecule has 0 aliphatic carbocycles. The molecule has 0 bridgehead atoms. The van der Waals surface area contributed by atoms with E-state index in [1.54, 1.807) is 19.1 Å². The van der Waals surface area contributed by atoms with Gasteiger partial charge in [-0.3, -0.25) is 4.31 Å². The van der Waals surface area contributed by atoms with Crippen LogP contribution in [0.25, 0.3) is 0 Å². The van der Waals surface area contributed by atoms with Gasteiger partial charge in [-0.25, -0.2) is 13.2 Å². The largest absolute Gasteiger partial charge is 0.480 e. The molecule has 1 rings (SSSR count). The molecular weight excluding hydrogens is 266 g/mol. The minimum Gasteiger partial charge on any atom is -0.480 e. The van der Waals surface area contributed by atoms with Gasteiger partial charge in [-0.1, -0.05) is 12.1 Å². The van der Waals surface area contributed by atoms with E-state index in [2.05, 4.69) is 0 Å². The Hall–Kier alpha value is -1.56. The van der Waals surface area contributed by atoms with E-state index in [1.807, 2.05) is 13.0 Å². The molecule has 1 unspecified atom stereocenters. The smallest absolute Gasteiger partial charge is 0.327 e. The van der Waals surface area contributed by atoms with Gasteiger partial charge < -0.3 is 5.11 Å². The van der Waals surface area contributed by atoms with Crippen molar-refractivity contribution in [2.45, 2.75) is 33.7 Å². The molecule has 1 aromatic carbocycles. The molecule has 0 aliphatic rings. The van der Waals surface area contributed by atoms with E-state index in [0.717, 1.165) is 15.4 Å². The molecule has 0 aliphatic heterocycles. The SMILES string of the molecule is CCS(=O)(=O)N(c1cccc(C)c1C)C(C)C(=O)O. The lowest BCUT2D eigenvalue weighted by Gasteiger charge is -2.29. The van der Waals surface area contributed by atoms with Crippen LogP contribution in [-0.4, -0.2) is 31.3 Å². The summed E-state index contributed by atoms with van der Waals surface area (Å²) in [7, 11) is -3.64. The Morgan fingerprint density at radius 3 is 2.42 bits per heavy atom. The third-order valence-electron chi connectivity index (χ3n) is 3.19. The average molecular weight is 285 g/mol. The van der Waals surface area contributed by atoms with Crippen molar-refractivity contribution in [2.24, 2.45) is 0 Å². The molecule has 1 N–H and O–H groups in total. The van der Waals surface area contributed by atoms with Gasteiger partial charge in [0.05, 0.1) is 11.4 Å². The Labute approximate surface area is 113 Å². The number of nitrogens with zero attached hydrogens (tertiary/aromatic N) is 1. The Morgan fingerprint density at radius 2 is 1.95 bits per heavy atom. The minimum absolute atomic E-state index is 0.141. The first-order valence-electron chi connectivity index (χ1n) is 6.03. The van der Waals surface area contributed by atoms with Crippen LogP contribution < -0.4 is 4.31 Å². The second-order valence-electron chi connectivity index (χ2n) is 4.43. The number of anilines is 1. The number of rotatable bonds is 5. The minimum atomic E-state index is -3.64. The average Bonchev–Trinajstić information content (AvgIpc) is 2.34. The van der Waals surface area contributed by atoms with Crippen molar-refractivity contribution in [3.05, 3.63) is 29.3 Å². The molecule has 0 amide bonds. The fourth-order valence-electron chi connectivity index (χ4n) is 1.81. The molecule has 0 spiro atoms. The van der Waals surface area contributed by atoms with Crippen molar-refractivity contribution in [1.82, 2.24) is 0 Å². The molecule has 0 fully saturated rings. The van der Waals surface area contributed by atoms with E-state index in [0.29, 0.717) is 5.69 Å². The fraction of sp³-hybridized carbons (Fsp3) is 0.462. The van der Waals surface area contributed by atoms with E-state index in [4.69, 9.17) is 5.11 Å². The summed E-state index contributed by atoms with van der Waals surface area (Å²) < 4.78 is 25.3. The molecule has 5 nitrogen and oxygen atoms in total. The lowest BCUT2D eigenvalue weighted by Crippen LogP contribution is -2.44. The summed E-state index contributed by atoms with van der Waals surface area (Å²) in [6.07, 6.45) is 0. The molecule has 1 aromatic rings. The van der Waals surface area contributed by atoms with Crippen LogP contribution >= 0.6 is 0 Å². The van der Waals surface area contributed by atoms with Crippen LogP contribution in [0.15, 0.2) is 18.2 Å². The summed E-state index contributed by atoms with van der Waals surface area (Å²) in [4.78, 5) is 11.2. The van der Waals surface area contributed by atoms with E-state index in [1.165, 1.54) is 13.8 Å². The zero-order chi connectivity index (χ0) is 14.8. The lowest BCUT2D eigenvalue weighted by molar-refractivity contribution is -0.137. The summed E-state index contributed by atoms with van der Waals surface area (Å²) in [6.45, 7) is 6.53. The third-order valence-corrected chi connectivity index (χ3v) is 5.03. The van der Waals surface area contributed by atoms with Crippen molar-refractivity contribution in [3.8, 4) is 0 Å². The van der Waals surface area contributed by atoms with Crippen molar-refractivity contribution in [1.29, 1.82) is 0 Å². The van der Waals surface area contributed by atoms with E-state index < -0.39 is 22.0 Å². The maximum Gasteiger partial charge on any atom is 0.327 e. The molecule has 1 atom stereocenters. The van der Waals surface area contributed by atoms with E-state index >= 15 is 0 Å². The molecule has 0 saturated heterocycles. The van der Waals surface area contributed by atoms with Crippen molar-refractivity contribution in [2.75, 3.05) is 10.1 Å². The first-order chi connectivity index (χ1) is 8.72. The molecule has 106 valence electrons. The van der Waals surface area contributed by atoms with Gasteiger partial charge >= 0.3 is 5.97 Å². The number of carboxylic acids is 1.